The Morgan fingerprint density at radius 1 is 0.923 bits per heavy atom. The molecule has 1 fully saturated rings. The molecule has 0 unspecified atom stereocenters. The Labute approximate surface area is 220 Å². The number of halogens is 3. The fourth-order valence-corrected chi connectivity index (χ4v) is 4.18. The van der Waals surface area contributed by atoms with Crippen LogP contribution in [0.15, 0.2) is 66.9 Å². The Kier molecular flexibility index (Phi) is 6.96. The van der Waals surface area contributed by atoms with Gasteiger partial charge in [0.1, 0.15) is 5.82 Å². The van der Waals surface area contributed by atoms with Gasteiger partial charge in [-0.25, -0.2) is 4.98 Å². The summed E-state index contributed by atoms with van der Waals surface area (Å²) in [6.07, 6.45) is -3.08. The first-order chi connectivity index (χ1) is 18.7. The zero-order chi connectivity index (χ0) is 27.6. The van der Waals surface area contributed by atoms with E-state index in [0.29, 0.717) is 60.3 Å². The molecule has 1 aliphatic rings. The third-order valence-electron chi connectivity index (χ3n) is 6.24. The van der Waals surface area contributed by atoms with Crippen molar-refractivity contribution >= 4 is 34.2 Å². The molecule has 196 valence electrons. The number of nitrogens with zero attached hydrogens (tertiary/aromatic N) is 4. The molecule has 2 heterocycles. The summed E-state index contributed by atoms with van der Waals surface area (Å²) in [6, 6.07) is 15.3. The number of ketones is 1. The Bertz CT molecular complexity index is 1610. The van der Waals surface area contributed by atoms with Crippen molar-refractivity contribution in [3.05, 3.63) is 94.7 Å². The van der Waals surface area contributed by atoms with Gasteiger partial charge < -0.3 is 15.0 Å². The quantitative estimate of drug-likeness (QED) is 0.367. The molecule has 4 aromatic rings. The van der Waals surface area contributed by atoms with Gasteiger partial charge in [0.15, 0.2) is 5.78 Å². The Morgan fingerprint density at radius 2 is 1.62 bits per heavy atom. The maximum atomic E-state index is 13.2. The number of morpholine rings is 1. The van der Waals surface area contributed by atoms with Crippen molar-refractivity contribution in [3.63, 3.8) is 0 Å². The molecule has 8 nitrogen and oxygen atoms in total. The second-order valence-corrected chi connectivity index (χ2v) is 8.76. The maximum Gasteiger partial charge on any atom is 0.417 e. The number of benzene rings is 3. The summed E-state index contributed by atoms with van der Waals surface area (Å²) in [5.74, 6) is -0.344. The van der Waals surface area contributed by atoms with Gasteiger partial charge in [0.25, 0.3) is 5.91 Å². The Balaban J connectivity index is 1.32. The number of carbonyl (C=O) groups excluding carboxylic acids is 2. The Hall–Kier alpha value is -4.82. The fourth-order valence-electron chi connectivity index (χ4n) is 4.18. The predicted octanol–water partition coefficient (Wildman–Crippen LogP) is 4.84. The summed E-state index contributed by atoms with van der Waals surface area (Å²) in [4.78, 5) is 36.9. The zero-order valence-electron chi connectivity index (χ0n) is 20.3. The molecule has 5 rings (SSSR count). The minimum Gasteiger partial charge on any atom is -0.378 e. The standard InChI is InChI=1S/C28H20F3N5O3/c29-28(30,31)22-13-19(1-2-20(22)15-32)27(38)34-21-6-3-17(4-7-21)26(37)18-5-8-23-24(14-18)35-25(16-33-23)36-9-11-39-12-10-36/h1-8,13-14,16H,9-12H2,(H,34,38). The van der Waals surface area contributed by atoms with Gasteiger partial charge >= 0.3 is 6.18 Å². The van der Waals surface area contributed by atoms with Crippen LogP contribution in [0.3, 0.4) is 0 Å². The molecule has 0 atom stereocenters. The lowest BCUT2D eigenvalue weighted by molar-refractivity contribution is -0.137. The van der Waals surface area contributed by atoms with Crippen molar-refractivity contribution in [2.75, 3.05) is 36.5 Å². The maximum absolute atomic E-state index is 13.2. The van der Waals surface area contributed by atoms with Crippen LogP contribution in [-0.4, -0.2) is 48.0 Å². The van der Waals surface area contributed by atoms with E-state index < -0.39 is 23.2 Å². The topological polar surface area (TPSA) is 108 Å². The van der Waals surface area contributed by atoms with Crippen LogP contribution in [0.5, 0.6) is 0 Å². The predicted molar refractivity (Wildman–Crippen MR) is 137 cm³/mol. The van der Waals surface area contributed by atoms with Crippen molar-refractivity contribution in [3.8, 4) is 6.07 Å². The largest absolute Gasteiger partial charge is 0.417 e. The van der Waals surface area contributed by atoms with E-state index in [1.54, 1.807) is 24.4 Å². The molecule has 0 bridgehead atoms. The number of ether oxygens (including phenoxy) is 1. The first kappa shape index (κ1) is 25.8. The summed E-state index contributed by atoms with van der Waals surface area (Å²) >= 11 is 0. The first-order valence-electron chi connectivity index (χ1n) is 11.9. The lowest BCUT2D eigenvalue weighted by atomic mass is 10.0. The number of hydrogen-bond donors (Lipinski definition) is 1. The van der Waals surface area contributed by atoms with E-state index in [0.717, 1.165) is 12.1 Å². The average molecular weight is 531 g/mol. The van der Waals surface area contributed by atoms with Gasteiger partial charge in [0.05, 0.1) is 47.6 Å². The van der Waals surface area contributed by atoms with Crippen LogP contribution < -0.4 is 10.2 Å². The number of nitriles is 1. The SMILES string of the molecule is N#Cc1ccc(C(=O)Nc2ccc(C(=O)c3ccc4ncc(N5CCOCC5)nc4c3)cc2)cc1C(F)(F)F. The van der Waals surface area contributed by atoms with Crippen LogP contribution in [0.4, 0.5) is 24.7 Å². The Morgan fingerprint density at radius 3 is 2.31 bits per heavy atom. The van der Waals surface area contributed by atoms with E-state index >= 15 is 0 Å². The molecular weight excluding hydrogens is 511 g/mol. The summed E-state index contributed by atoms with van der Waals surface area (Å²) in [5, 5.41) is 11.4. The number of fused-ring (bicyclic) bond motifs is 1. The number of amides is 1. The smallest absolute Gasteiger partial charge is 0.378 e. The second-order valence-electron chi connectivity index (χ2n) is 8.76. The first-order valence-corrected chi connectivity index (χ1v) is 11.9. The van der Waals surface area contributed by atoms with Gasteiger partial charge in [-0.05, 0) is 60.7 Å². The second kappa shape index (κ2) is 10.5. The van der Waals surface area contributed by atoms with Gasteiger partial charge in [0.2, 0.25) is 0 Å². The molecule has 1 aromatic heterocycles. The summed E-state index contributed by atoms with van der Waals surface area (Å²) < 4.78 is 45.1. The van der Waals surface area contributed by atoms with E-state index in [1.165, 1.54) is 30.3 Å². The van der Waals surface area contributed by atoms with Gasteiger partial charge in [-0.2, -0.15) is 18.4 Å². The molecule has 0 aliphatic carbocycles. The van der Waals surface area contributed by atoms with Crippen LogP contribution in [0.1, 0.15) is 37.4 Å². The minimum atomic E-state index is -4.78. The van der Waals surface area contributed by atoms with Crippen molar-refractivity contribution in [2.24, 2.45) is 0 Å². The summed E-state index contributed by atoms with van der Waals surface area (Å²) in [7, 11) is 0. The molecule has 1 saturated heterocycles. The van der Waals surface area contributed by atoms with Crippen molar-refractivity contribution in [1.82, 2.24) is 9.97 Å². The molecule has 0 radical (unpaired) electrons. The van der Waals surface area contributed by atoms with Crippen molar-refractivity contribution in [1.29, 1.82) is 5.26 Å². The molecular formula is C28H20F3N5O3. The molecule has 1 aliphatic heterocycles. The molecule has 11 heteroatoms. The minimum absolute atomic E-state index is 0.254. The number of carbonyl (C=O) groups is 2. The number of anilines is 2. The highest BCUT2D eigenvalue weighted by Gasteiger charge is 2.34. The third-order valence-corrected chi connectivity index (χ3v) is 6.24. The van der Waals surface area contributed by atoms with Crippen LogP contribution in [0, 0.1) is 11.3 Å². The number of hydrogen-bond acceptors (Lipinski definition) is 7. The van der Waals surface area contributed by atoms with E-state index in [-0.39, 0.29) is 17.0 Å². The van der Waals surface area contributed by atoms with Gasteiger partial charge in [-0.3, -0.25) is 14.6 Å². The third kappa shape index (κ3) is 5.56. The normalized spacial score (nSPS) is 13.6. The van der Waals surface area contributed by atoms with Crippen LogP contribution in [0.2, 0.25) is 0 Å². The monoisotopic (exact) mass is 531 g/mol. The molecule has 1 amide bonds. The van der Waals surface area contributed by atoms with Crippen LogP contribution in [0.25, 0.3) is 11.0 Å². The zero-order valence-corrected chi connectivity index (χ0v) is 20.3. The highest BCUT2D eigenvalue weighted by atomic mass is 19.4. The van der Waals surface area contributed by atoms with Crippen LogP contribution >= 0.6 is 0 Å². The lowest BCUT2D eigenvalue weighted by Crippen LogP contribution is -2.36. The van der Waals surface area contributed by atoms with E-state index in [4.69, 9.17) is 10.00 Å². The molecule has 1 N–H and O–H groups in total. The van der Waals surface area contributed by atoms with E-state index in [1.807, 2.05) is 0 Å². The highest BCUT2D eigenvalue weighted by Crippen LogP contribution is 2.32. The average Bonchev–Trinajstić information content (AvgIpc) is 2.96. The van der Waals surface area contributed by atoms with Gasteiger partial charge in [-0.1, -0.05) is 0 Å². The molecule has 0 spiro atoms. The van der Waals surface area contributed by atoms with Crippen molar-refractivity contribution < 1.29 is 27.5 Å². The fraction of sp³-hybridized carbons (Fsp3) is 0.179. The van der Waals surface area contributed by atoms with Gasteiger partial charge in [0, 0.05) is 35.5 Å². The van der Waals surface area contributed by atoms with Gasteiger partial charge in [-0.15, -0.1) is 0 Å². The number of nitrogens with one attached hydrogen (secondary N) is 1. The number of rotatable bonds is 5. The highest BCUT2D eigenvalue weighted by molar-refractivity contribution is 6.11. The number of aromatic nitrogens is 2. The molecule has 3 aromatic carbocycles. The lowest BCUT2D eigenvalue weighted by Gasteiger charge is -2.27. The van der Waals surface area contributed by atoms with Crippen molar-refractivity contribution in [2.45, 2.75) is 6.18 Å². The molecule has 39 heavy (non-hydrogen) atoms. The van der Waals surface area contributed by atoms with E-state index in [2.05, 4.69) is 20.2 Å². The number of alkyl halides is 3. The summed E-state index contributed by atoms with van der Waals surface area (Å²) in [5.41, 5.74) is 0.263. The summed E-state index contributed by atoms with van der Waals surface area (Å²) in [6.45, 7) is 2.63. The van der Waals surface area contributed by atoms with E-state index in [9.17, 15) is 22.8 Å². The van der Waals surface area contributed by atoms with Crippen LogP contribution in [-0.2, 0) is 10.9 Å². The molecule has 0 saturated carbocycles.